The quantitative estimate of drug-likeness (QED) is 0.895. The Kier molecular flexibility index (Phi) is 4.99. The molecule has 2 heterocycles. The fourth-order valence-corrected chi connectivity index (χ4v) is 2.47. The van der Waals surface area contributed by atoms with Gasteiger partial charge in [-0.3, -0.25) is 14.7 Å². The molecule has 1 aromatic heterocycles. The van der Waals surface area contributed by atoms with Gasteiger partial charge in [-0.2, -0.15) is 0 Å². The number of hydrogen-bond donors (Lipinski definition) is 1. The lowest BCUT2D eigenvalue weighted by Gasteiger charge is -2.35. The third-order valence-electron chi connectivity index (χ3n) is 3.21. The van der Waals surface area contributed by atoms with Crippen LogP contribution in [-0.4, -0.2) is 55.1 Å². The van der Waals surface area contributed by atoms with Crippen molar-refractivity contribution < 1.29 is 4.79 Å². The van der Waals surface area contributed by atoms with Crippen LogP contribution in [0.3, 0.4) is 0 Å². The summed E-state index contributed by atoms with van der Waals surface area (Å²) < 4.78 is 0. The van der Waals surface area contributed by atoms with Crippen molar-refractivity contribution in [2.24, 2.45) is 0 Å². The van der Waals surface area contributed by atoms with Gasteiger partial charge in [0, 0.05) is 45.1 Å². The third-order valence-corrected chi connectivity index (χ3v) is 3.50. The van der Waals surface area contributed by atoms with Gasteiger partial charge >= 0.3 is 0 Å². The second-order valence-corrected chi connectivity index (χ2v) is 4.95. The summed E-state index contributed by atoms with van der Waals surface area (Å²) in [6, 6.07) is 1.93. The molecule has 1 aromatic rings. The molecule has 104 valence electrons. The monoisotopic (exact) mass is 282 g/mol. The Hall–Kier alpha value is -1.33. The molecule has 1 saturated heterocycles. The summed E-state index contributed by atoms with van der Waals surface area (Å²) in [5.74, 6) is 0.0953. The highest BCUT2D eigenvalue weighted by Crippen LogP contribution is 2.24. The number of piperazine rings is 1. The average Bonchev–Trinajstić information content (AvgIpc) is 2.41. The summed E-state index contributed by atoms with van der Waals surface area (Å²) in [5.41, 5.74) is 1.02. The number of rotatable bonds is 4. The van der Waals surface area contributed by atoms with Gasteiger partial charge in [-0.25, -0.2) is 0 Å². The first kappa shape index (κ1) is 14.1. The minimum absolute atomic E-state index is 0.0953. The molecule has 0 unspecified atom stereocenters. The molecule has 19 heavy (non-hydrogen) atoms. The van der Waals surface area contributed by atoms with Crippen LogP contribution in [-0.2, 0) is 4.79 Å². The summed E-state index contributed by atoms with van der Waals surface area (Å²) in [6.07, 6.45) is 3.42. The number of anilines is 1. The molecule has 0 saturated carbocycles. The molecule has 1 amide bonds. The standard InChI is InChI=1S/C13H19ClN4O/c1-2-16-13(19)10-17-5-7-18(8-6-17)12-3-4-15-9-11(12)14/h3-4,9H,2,5-8,10H2,1H3,(H,16,19). The van der Waals surface area contributed by atoms with E-state index in [1.54, 1.807) is 12.4 Å². The number of hydrogen-bond acceptors (Lipinski definition) is 4. The van der Waals surface area contributed by atoms with Crippen molar-refractivity contribution in [3.05, 3.63) is 23.5 Å². The Morgan fingerprint density at radius 3 is 2.79 bits per heavy atom. The lowest BCUT2D eigenvalue weighted by atomic mass is 10.2. The first-order chi connectivity index (χ1) is 9.20. The highest BCUT2D eigenvalue weighted by Gasteiger charge is 2.20. The Morgan fingerprint density at radius 1 is 1.42 bits per heavy atom. The molecular formula is C13H19ClN4O. The minimum Gasteiger partial charge on any atom is -0.368 e. The maximum Gasteiger partial charge on any atom is 0.234 e. The fraction of sp³-hybridized carbons (Fsp3) is 0.538. The van der Waals surface area contributed by atoms with E-state index in [-0.39, 0.29) is 5.91 Å². The summed E-state index contributed by atoms with van der Waals surface area (Å²) in [6.45, 7) is 6.59. The molecule has 1 fully saturated rings. The van der Waals surface area contributed by atoms with E-state index in [0.29, 0.717) is 18.1 Å². The smallest absolute Gasteiger partial charge is 0.234 e. The van der Waals surface area contributed by atoms with Crippen LogP contribution >= 0.6 is 11.6 Å². The van der Waals surface area contributed by atoms with Crippen molar-refractivity contribution in [3.8, 4) is 0 Å². The Bertz CT molecular complexity index is 432. The first-order valence-electron chi connectivity index (χ1n) is 6.54. The molecule has 1 aliphatic heterocycles. The van der Waals surface area contributed by atoms with E-state index in [4.69, 9.17) is 11.6 Å². The van der Waals surface area contributed by atoms with Gasteiger partial charge in [-0.15, -0.1) is 0 Å². The van der Waals surface area contributed by atoms with E-state index in [1.165, 1.54) is 0 Å². The van der Waals surface area contributed by atoms with E-state index < -0.39 is 0 Å². The molecule has 1 N–H and O–H groups in total. The van der Waals surface area contributed by atoms with E-state index in [1.807, 2.05) is 13.0 Å². The zero-order valence-corrected chi connectivity index (χ0v) is 11.9. The number of carbonyl (C=O) groups excluding carboxylic acids is 1. The van der Waals surface area contributed by atoms with Crippen LogP contribution < -0.4 is 10.2 Å². The molecule has 0 aliphatic carbocycles. The molecule has 5 nitrogen and oxygen atoms in total. The maximum absolute atomic E-state index is 11.5. The van der Waals surface area contributed by atoms with Crippen molar-refractivity contribution >= 4 is 23.2 Å². The van der Waals surface area contributed by atoms with E-state index in [2.05, 4.69) is 20.1 Å². The topological polar surface area (TPSA) is 48.5 Å². The molecule has 6 heteroatoms. The fourth-order valence-electron chi connectivity index (χ4n) is 2.23. The maximum atomic E-state index is 11.5. The highest BCUT2D eigenvalue weighted by atomic mass is 35.5. The van der Waals surface area contributed by atoms with Crippen LogP contribution in [0.25, 0.3) is 0 Å². The minimum atomic E-state index is 0.0953. The number of nitrogens with zero attached hydrogens (tertiary/aromatic N) is 3. The number of pyridine rings is 1. The second-order valence-electron chi connectivity index (χ2n) is 4.54. The van der Waals surface area contributed by atoms with Crippen molar-refractivity contribution in [2.45, 2.75) is 6.92 Å². The largest absolute Gasteiger partial charge is 0.368 e. The Balaban J connectivity index is 1.86. The molecule has 0 bridgehead atoms. The Morgan fingerprint density at radius 2 is 2.16 bits per heavy atom. The van der Waals surface area contributed by atoms with Crippen LogP contribution in [0.5, 0.6) is 0 Å². The predicted molar refractivity (Wildman–Crippen MR) is 76.6 cm³/mol. The molecule has 0 atom stereocenters. The van der Waals surface area contributed by atoms with Gasteiger partial charge in [0.1, 0.15) is 0 Å². The number of aromatic nitrogens is 1. The van der Waals surface area contributed by atoms with Gasteiger partial charge in [0.15, 0.2) is 0 Å². The number of amides is 1. The molecule has 0 radical (unpaired) electrons. The summed E-state index contributed by atoms with van der Waals surface area (Å²) >= 11 is 6.14. The van der Waals surface area contributed by atoms with E-state index in [0.717, 1.165) is 31.9 Å². The first-order valence-corrected chi connectivity index (χ1v) is 6.92. The molecule has 0 aromatic carbocycles. The van der Waals surface area contributed by atoms with Gasteiger partial charge < -0.3 is 10.2 Å². The lowest BCUT2D eigenvalue weighted by Crippen LogP contribution is -2.49. The van der Waals surface area contributed by atoms with Gasteiger partial charge in [0.2, 0.25) is 5.91 Å². The summed E-state index contributed by atoms with van der Waals surface area (Å²) in [7, 11) is 0. The van der Waals surface area contributed by atoms with Gasteiger partial charge in [0.05, 0.1) is 17.3 Å². The van der Waals surface area contributed by atoms with Gasteiger partial charge in [-0.05, 0) is 13.0 Å². The van der Waals surface area contributed by atoms with Crippen LogP contribution in [0.4, 0.5) is 5.69 Å². The Labute approximate surface area is 118 Å². The van der Waals surface area contributed by atoms with Crippen molar-refractivity contribution in [2.75, 3.05) is 44.2 Å². The number of carbonyl (C=O) groups is 1. The van der Waals surface area contributed by atoms with Gasteiger partial charge in [0.25, 0.3) is 0 Å². The molecule has 0 spiro atoms. The number of halogens is 1. The zero-order valence-electron chi connectivity index (χ0n) is 11.1. The number of nitrogens with one attached hydrogen (secondary N) is 1. The SMILES string of the molecule is CCNC(=O)CN1CCN(c2ccncc2Cl)CC1. The van der Waals surface area contributed by atoms with Gasteiger partial charge in [-0.1, -0.05) is 11.6 Å². The lowest BCUT2D eigenvalue weighted by molar-refractivity contribution is -0.122. The highest BCUT2D eigenvalue weighted by molar-refractivity contribution is 6.33. The molecule has 1 aliphatic rings. The normalized spacial score (nSPS) is 16.4. The summed E-state index contributed by atoms with van der Waals surface area (Å²) in [4.78, 5) is 19.9. The predicted octanol–water partition coefficient (Wildman–Crippen LogP) is 0.993. The van der Waals surface area contributed by atoms with Crippen molar-refractivity contribution in [1.82, 2.24) is 15.2 Å². The van der Waals surface area contributed by atoms with Crippen LogP contribution in [0.1, 0.15) is 6.92 Å². The summed E-state index contributed by atoms with van der Waals surface area (Å²) in [5, 5.41) is 3.50. The van der Waals surface area contributed by atoms with Crippen molar-refractivity contribution in [3.63, 3.8) is 0 Å². The number of likely N-dealkylation sites (N-methyl/N-ethyl adjacent to an activating group) is 1. The van der Waals surface area contributed by atoms with E-state index >= 15 is 0 Å². The van der Waals surface area contributed by atoms with Crippen LogP contribution in [0.2, 0.25) is 5.02 Å². The average molecular weight is 283 g/mol. The molecular weight excluding hydrogens is 264 g/mol. The van der Waals surface area contributed by atoms with Crippen LogP contribution in [0, 0.1) is 0 Å². The third kappa shape index (κ3) is 3.81. The second kappa shape index (κ2) is 6.73. The zero-order chi connectivity index (χ0) is 13.7. The molecule has 2 rings (SSSR count). The van der Waals surface area contributed by atoms with Crippen molar-refractivity contribution in [1.29, 1.82) is 0 Å². The van der Waals surface area contributed by atoms with E-state index in [9.17, 15) is 4.79 Å². The van der Waals surface area contributed by atoms with Crippen LogP contribution in [0.15, 0.2) is 18.5 Å².